The van der Waals surface area contributed by atoms with Crippen LogP contribution in [0.25, 0.3) is 11.1 Å². The molecule has 19 heavy (non-hydrogen) atoms. The number of esters is 1. The van der Waals surface area contributed by atoms with Crippen molar-refractivity contribution in [2.75, 3.05) is 7.11 Å². The van der Waals surface area contributed by atoms with E-state index in [1.165, 1.54) is 7.11 Å². The molecule has 2 aromatic rings. The lowest BCUT2D eigenvalue weighted by atomic mass is 10.0. The van der Waals surface area contributed by atoms with Crippen LogP contribution in [0.5, 0.6) is 0 Å². The summed E-state index contributed by atoms with van der Waals surface area (Å²) in [6.07, 6.45) is 0. The molecule has 5 heteroatoms. The monoisotopic (exact) mass is 277 g/mol. The van der Waals surface area contributed by atoms with Gasteiger partial charge < -0.3 is 9.84 Å². The molecule has 4 nitrogen and oxygen atoms in total. The number of benzene rings is 1. The second kappa shape index (κ2) is 5.82. The lowest BCUT2D eigenvalue weighted by Gasteiger charge is -2.08. The van der Waals surface area contributed by atoms with Crippen molar-refractivity contribution in [3.8, 4) is 11.1 Å². The lowest BCUT2D eigenvalue weighted by molar-refractivity contribution is 0.0593. The fraction of sp³-hybridized carbons (Fsp3) is 0.143. The van der Waals surface area contributed by atoms with E-state index in [0.717, 1.165) is 5.56 Å². The van der Waals surface area contributed by atoms with Gasteiger partial charge in [-0.05, 0) is 23.8 Å². The Hall–Kier alpha value is -1.91. The number of carbonyl (C=O) groups is 1. The van der Waals surface area contributed by atoms with Crippen molar-refractivity contribution < 1.29 is 14.6 Å². The second-order valence-corrected chi connectivity index (χ2v) is 4.27. The Bertz CT molecular complexity index is 613. The number of hydrogen-bond acceptors (Lipinski definition) is 4. The maximum Gasteiger partial charge on any atom is 0.356 e. The predicted octanol–water partition coefficient (Wildman–Crippen LogP) is 2.68. The Labute approximate surface area is 115 Å². The summed E-state index contributed by atoms with van der Waals surface area (Å²) in [5.41, 5.74) is 2.01. The highest BCUT2D eigenvalue weighted by Crippen LogP contribution is 2.28. The first-order chi connectivity index (χ1) is 9.15. The number of methoxy groups -OCH3 is 1. The summed E-state index contributed by atoms with van der Waals surface area (Å²) in [6, 6.07) is 10.5. The number of hydrogen-bond donors (Lipinski definition) is 1. The average Bonchev–Trinajstić information content (AvgIpc) is 2.46. The van der Waals surface area contributed by atoms with Gasteiger partial charge in [0.1, 0.15) is 5.69 Å². The van der Waals surface area contributed by atoms with Crippen LogP contribution in [0.4, 0.5) is 0 Å². The van der Waals surface area contributed by atoms with Gasteiger partial charge in [0.2, 0.25) is 0 Å². The Morgan fingerprint density at radius 3 is 2.74 bits per heavy atom. The Kier molecular flexibility index (Phi) is 4.14. The molecule has 0 unspecified atom stereocenters. The molecule has 0 aliphatic heterocycles. The molecular weight excluding hydrogens is 266 g/mol. The van der Waals surface area contributed by atoms with Gasteiger partial charge in [0.15, 0.2) is 0 Å². The third-order valence-corrected chi connectivity index (χ3v) is 2.95. The average molecular weight is 278 g/mol. The molecule has 0 atom stereocenters. The third-order valence-electron chi connectivity index (χ3n) is 2.62. The molecule has 0 fully saturated rings. The van der Waals surface area contributed by atoms with Crippen LogP contribution < -0.4 is 0 Å². The molecule has 0 aliphatic rings. The molecule has 0 bridgehead atoms. The summed E-state index contributed by atoms with van der Waals surface area (Å²) in [5, 5.41) is 9.77. The van der Waals surface area contributed by atoms with E-state index in [-0.39, 0.29) is 12.3 Å². The van der Waals surface area contributed by atoms with Gasteiger partial charge in [-0.3, -0.25) is 0 Å². The second-order valence-electron chi connectivity index (χ2n) is 3.86. The van der Waals surface area contributed by atoms with Crippen LogP contribution in [0.15, 0.2) is 36.4 Å². The van der Waals surface area contributed by atoms with Gasteiger partial charge in [-0.15, -0.1) is 0 Å². The highest BCUT2D eigenvalue weighted by molar-refractivity contribution is 6.33. The molecule has 0 amide bonds. The summed E-state index contributed by atoms with van der Waals surface area (Å²) in [4.78, 5) is 15.6. The molecule has 0 radical (unpaired) electrons. The van der Waals surface area contributed by atoms with E-state index >= 15 is 0 Å². The van der Waals surface area contributed by atoms with Crippen molar-refractivity contribution in [3.05, 3.63) is 52.8 Å². The zero-order valence-electron chi connectivity index (χ0n) is 10.3. The normalized spacial score (nSPS) is 10.3. The van der Waals surface area contributed by atoms with Crippen molar-refractivity contribution in [1.29, 1.82) is 0 Å². The first-order valence-electron chi connectivity index (χ1n) is 5.60. The lowest BCUT2D eigenvalue weighted by Crippen LogP contribution is -2.06. The Morgan fingerprint density at radius 2 is 2.11 bits per heavy atom. The van der Waals surface area contributed by atoms with E-state index in [4.69, 9.17) is 11.6 Å². The number of halogens is 1. The predicted molar refractivity (Wildman–Crippen MR) is 71.9 cm³/mol. The van der Waals surface area contributed by atoms with Gasteiger partial charge in [0.05, 0.1) is 19.4 Å². The van der Waals surface area contributed by atoms with Gasteiger partial charge in [-0.25, -0.2) is 9.78 Å². The minimum atomic E-state index is -0.552. The molecule has 2 rings (SSSR count). The number of pyridine rings is 1. The molecule has 1 N–H and O–H groups in total. The molecule has 1 heterocycles. The fourth-order valence-corrected chi connectivity index (χ4v) is 1.97. The maximum absolute atomic E-state index is 11.6. The largest absolute Gasteiger partial charge is 0.464 e. The van der Waals surface area contributed by atoms with Crippen LogP contribution in [0.3, 0.4) is 0 Å². The van der Waals surface area contributed by atoms with Gasteiger partial charge in [-0.1, -0.05) is 29.8 Å². The first kappa shape index (κ1) is 13.5. The van der Waals surface area contributed by atoms with Crippen molar-refractivity contribution >= 4 is 17.6 Å². The van der Waals surface area contributed by atoms with Gasteiger partial charge in [0.25, 0.3) is 0 Å². The highest BCUT2D eigenvalue weighted by atomic mass is 35.5. The SMILES string of the molecule is COC(=O)c1cc(-c2ccccc2Cl)cc(CO)n1. The molecule has 98 valence electrons. The van der Waals surface area contributed by atoms with E-state index in [2.05, 4.69) is 9.72 Å². The van der Waals surface area contributed by atoms with Crippen molar-refractivity contribution in [1.82, 2.24) is 4.98 Å². The smallest absolute Gasteiger partial charge is 0.356 e. The number of aliphatic hydroxyl groups excluding tert-OH is 1. The topological polar surface area (TPSA) is 59.4 Å². The third kappa shape index (κ3) is 2.92. The molecule has 1 aromatic carbocycles. The number of rotatable bonds is 3. The van der Waals surface area contributed by atoms with Crippen LogP contribution in [0, 0.1) is 0 Å². The Balaban J connectivity index is 2.57. The number of aromatic nitrogens is 1. The molecule has 0 saturated carbocycles. The summed E-state index contributed by atoms with van der Waals surface area (Å²) < 4.78 is 4.64. The molecular formula is C14H12ClNO3. The molecule has 0 saturated heterocycles. The zero-order chi connectivity index (χ0) is 13.8. The Morgan fingerprint density at radius 1 is 1.37 bits per heavy atom. The summed E-state index contributed by atoms with van der Waals surface area (Å²) in [7, 11) is 1.28. The number of ether oxygens (including phenoxy) is 1. The van der Waals surface area contributed by atoms with Crippen LogP contribution in [-0.4, -0.2) is 23.2 Å². The summed E-state index contributed by atoms with van der Waals surface area (Å²) >= 11 is 6.12. The summed E-state index contributed by atoms with van der Waals surface area (Å²) in [6.45, 7) is -0.262. The van der Waals surface area contributed by atoms with E-state index in [0.29, 0.717) is 16.3 Å². The molecule has 0 aliphatic carbocycles. The standard InChI is InChI=1S/C14H12ClNO3/c1-19-14(18)13-7-9(6-10(8-17)16-13)11-4-2-3-5-12(11)15/h2-7,17H,8H2,1H3. The van der Waals surface area contributed by atoms with Gasteiger partial charge in [-0.2, -0.15) is 0 Å². The van der Waals surface area contributed by atoms with Crippen molar-refractivity contribution in [2.45, 2.75) is 6.61 Å². The zero-order valence-corrected chi connectivity index (χ0v) is 11.0. The van der Waals surface area contributed by atoms with E-state index < -0.39 is 5.97 Å². The fourth-order valence-electron chi connectivity index (χ4n) is 1.73. The number of carbonyl (C=O) groups excluding carboxylic acids is 1. The number of nitrogens with zero attached hydrogens (tertiary/aromatic N) is 1. The quantitative estimate of drug-likeness (QED) is 0.876. The number of aliphatic hydroxyl groups is 1. The minimum Gasteiger partial charge on any atom is -0.464 e. The van der Waals surface area contributed by atoms with E-state index in [9.17, 15) is 9.90 Å². The van der Waals surface area contributed by atoms with Crippen LogP contribution in [0.2, 0.25) is 5.02 Å². The summed E-state index contributed by atoms with van der Waals surface area (Å²) in [5.74, 6) is -0.552. The minimum absolute atomic E-state index is 0.143. The maximum atomic E-state index is 11.6. The molecule has 1 aromatic heterocycles. The first-order valence-corrected chi connectivity index (χ1v) is 5.98. The van der Waals surface area contributed by atoms with Crippen molar-refractivity contribution in [2.24, 2.45) is 0 Å². The van der Waals surface area contributed by atoms with Gasteiger partial charge in [0, 0.05) is 10.6 Å². The van der Waals surface area contributed by atoms with Crippen LogP contribution >= 0.6 is 11.6 Å². The van der Waals surface area contributed by atoms with E-state index in [1.54, 1.807) is 18.2 Å². The highest BCUT2D eigenvalue weighted by Gasteiger charge is 2.12. The van der Waals surface area contributed by atoms with Gasteiger partial charge >= 0.3 is 5.97 Å². The van der Waals surface area contributed by atoms with Crippen molar-refractivity contribution in [3.63, 3.8) is 0 Å². The van der Waals surface area contributed by atoms with E-state index in [1.807, 2.05) is 18.2 Å². The van der Waals surface area contributed by atoms with Crippen LogP contribution in [-0.2, 0) is 11.3 Å². The molecule has 0 spiro atoms. The van der Waals surface area contributed by atoms with Crippen LogP contribution in [0.1, 0.15) is 16.2 Å².